The van der Waals surface area contributed by atoms with E-state index in [4.69, 9.17) is 0 Å². The van der Waals surface area contributed by atoms with E-state index >= 15 is 0 Å². The highest BCUT2D eigenvalue weighted by Crippen LogP contribution is 2.27. The summed E-state index contributed by atoms with van der Waals surface area (Å²) in [6, 6.07) is -0.0461. The molecule has 0 aromatic carbocycles. The quantitative estimate of drug-likeness (QED) is 0.552. The van der Waals surface area contributed by atoms with Crippen molar-refractivity contribution in [3.05, 3.63) is 0 Å². The molecule has 1 rings (SSSR count). The van der Waals surface area contributed by atoms with E-state index in [0.29, 0.717) is 18.7 Å². The fraction of sp³-hybridized carbons (Fsp3) is 0.818. The summed E-state index contributed by atoms with van der Waals surface area (Å²) in [6.45, 7) is 0. The van der Waals surface area contributed by atoms with Gasteiger partial charge in [-0.15, -0.1) is 0 Å². The summed E-state index contributed by atoms with van der Waals surface area (Å²) in [5, 5.41) is 2.74. The van der Waals surface area contributed by atoms with Gasteiger partial charge in [0.25, 0.3) is 0 Å². The van der Waals surface area contributed by atoms with Crippen molar-refractivity contribution < 1.29 is 14.3 Å². The van der Waals surface area contributed by atoms with E-state index in [9.17, 15) is 9.59 Å². The first-order chi connectivity index (χ1) is 7.27. The van der Waals surface area contributed by atoms with E-state index in [1.54, 1.807) is 0 Å². The average molecular weight is 213 g/mol. The van der Waals surface area contributed by atoms with Crippen LogP contribution in [0.25, 0.3) is 0 Å². The smallest absolute Gasteiger partial charge is 0.307 e. The SMILES string of the molecule is COC(=O)CC(NC=O)C1CCCCC1. The zero-order valence-electron chi connectivity index (χ0n) is 9.20. The van der Waals surface area contributed by atoms with Crippen LogP contribution < -0.4 is 5.32 Å². The lowest BCUT2D eigenvalue weighted by atomic mass is 9.83. The first-order valence-electron chi connectivity index (χ1n) is 5.54. The third-order valence-electron chi connectivity index (χ3n) is 3.12. The summed E-state index contributed by atoms with van der Waals surface area (Å²) in [5.74, 6) is 0.183. The van der Waals surface area contributed by atoms with E-state index in [1.807, 2.05) is 0 Å². The zero-order chi connectivity index (χ0) is 11.1. The van der Waals surface area contributed by atoms with Crippen LogP contribution in [0.2, 0.25) is 0 Å². The predicted octanol–water partition coefficient (Wildman–Crippen LogP) is 1.24. The maximum Gasteiger partial charge on any atom is 0.307 e. The van der Waals surface area contributed by atoms with Crippen LogP contribution in [0.3, 0.4) is 0 Å². The maximum absolute atomic E-state index is 11.2. The Bertz CT molecular complexity index is 212. The molecule has 0 saturated heterocycles. The number of carbonyl (C=O) groups excluding carboxylic acids is 2. The molecule has 0 heterocycles. The van der Waals surface area contributed by atoms with Crippen LogP contribution in [0.4, 0.5) is 0 Å². The van der Waals surface area contributed by atoms with Crippen LogP contribution in [-0.4, -0.2) is 25.5 Å². The Hall–Kier alpha value is -1.06. The lowest BCUT2D eigenvalue weighted by Crippen LogP contribution is -2.38. The fourth-order valence-corrected chi connectivity index (χ4v) is 2.25. The number of hydrogen-bond acceptors (Lipinski definition) is 3. The third kappa shape index (κ3) is 3.90. The van der Waals surface area contributed by atoms with Crippen molar-refractivity contribution in [2.45, 2.75) is 44.6 Å². The molecular weight excluding hydrogens is 194 g/mol. The number of rotatable bonds is 5. The average Bonchev–Trinajstić information content (AvgIpc) is 2.29. The normalized spacial score (nSPS) is 19.3. The Labute approximate surface area is 90.4 Å². The van der Waals surface area contributed by atoms with Crippen molar-refractivity contribution in [2.24, 2.45) is 5.92 Å². The molecule has 1 aliphatic rings. The Balaban J connectivity index is 2.46. The van der Waals surface area contributed by atoms with Gasteiger partial charge in [-0.05, 0) is 18.8 Å². The molecule has 1 saturated carbocycles. The molecule has 0 aromatic heterocycles. The number of ether oxygens (including phenoxy) is 1. The minimum Gasteiger partial charge on any atom is -0.469 e. The van der Waals surface area contributed by atoms with E-state index in [-0.39, 0.29) is 12.0 Å². The largest absolute Gasteiger partial charge is 0.469 e. The lowest BCUT2D eigenvalue weighted by Gasteiger charge is -2.29. The third-order valence-corrected chi connectivity index (χ3v) is 3.12. The van der Waals surface area contributed by atoms with Crippen molar-refractivity contribution in [1.29, 1.82) is 0 Å². The van der Waals surface area contributed by atoms with E-state index in [0.717, 1.165) is 12.8 Å². The van der Waals surface area contributed by atoms with Gasteiger partial charge in [0.15, 0.2) is 0 Å². The molecule has 86 valence electrons. The van der Waals surface area contributed by atoms with Crippen LogP contribution in [0.1, 0.15) is 38.5 Å². The second-order valence-corrected chi connectivity index (χ2v) is 4.07. The number of methoxy groups -OCH3 is 1. The summed E-state index contributed by atoms with van der Waals surface area (Å²) in [7, 11) is 1.38. The summed E-state index contributed by atoms with van der Waals surface area (Å²) in [4.78, 5) is 21.6. The van der Waals surface area contributed by atoms with E-state index < -0.39 is 0 Å². The highest BCUT2D eigenvalue weighted by atomic mass is 16.5. The molecule has 0 aromatic rings. The predicted molar refractivity (Wildman–Crippen MR) is 56.2 cm³/mol. The number of amides is 1. The molecule has 0 spiro atoms. The standard InChI is InChI=1S/C11H19NO3/c1-15-11(14)7-10(12-8-13)9-5-3-2-4-6-9/h8-10H,2-7H2,1H3,(H,12,13). The second-order valence-electron chi connectivity index (χ2n) is 4.07. The monoisotopic (exact) mass is 213 g/mol. The summed E-state index contributed by atoms with van der Waals surface area (Å²) >= 11 is 0. The van der Waals surface area contributed by atoms with Crippen LogP contribution in [-0.2, 0) is 14.3 Å². The van der Waals surface area contributed by atoms with Gasteiger partial charge in [0.2, 0.25) is 6.41 Å². The van der Waals surface area contributed by atoms with Gasteiger partial charge < -0.3 is 10.1 Å². The molecule has 4 heteroatoms. The number of esters is 1. The van der Waals surface area contributed by atoms with Crippen LogP contribution in [0.15, 0.2) is 0 Å². The Kier molecular flexibility index (Phi) is 5.15. The molecule has 4 nitrogen and oxygen atoms in total. The summed E-state index contributed by atoms with van der Waals surface area (Å²) in [5.41, 5.74) is 0. The van der Waals surface area contributed by atoms with Gasteiger partial charge in [0.05, 0.1) is 13.5 Å². The van der Waals surface area contributed by atoms with Crippen molar-refractivity contribution >= 4 is 12.4 Å². The van der Waals surface area contributed by atoms with Crippen molar-refractivity contribution in [1.82, 2.24) is 5.32 Å². The van der Waals surface area contributed by atoms with Gasteiger partial charge in [-0.3, -0.25) is 9.59 Å². The Morgan fingerprint density at radius 2 is 2.13 bits per heavy atom. The molecule has 0 aliphatic heterocycles. The van der Waals surface area contributed by atoms with Crippen LogP contribution in [0.5, 0.6) is 0 Å². The number of hydrogen-bond donors (Lipinski definition) is 1. The highest BCUT2D eigenvalue weighted by Gasteiger charge is 2.25. The molecule has 1 fully saturated rings. The lowest BCUT2D eigenvalue weighted by molar-refractivity contribution is -0.141. The van der Waals surface area contributed by atoms with Crippen LogP contribution >= 0.6 is 0 Å². The zero-order valence-corrected chi connectivity index (χ0v) is 9.20. The van der Waals surface area contributed by atoms with Gasteiger partial charge in [-0.25, -0.2) is 0 Å². The van der Waals surface area contributed by atoms with Crippen molar-refractivity contribution in [3.63, 3.8) is 0 Å². The fourth-order valence-electron chi connectivity index (χ4n) is 2.25. The molecule has 1 amide bonds. The number of nitrogens with one attached hydrogen (secondary N) is 1. The molecule has 0 bridgehead atoms. The van der Waals surface area contributed by atoms with Gasteiger partial charge in [0.1, 0.15) is 0 Å². The van der Waals surface area contributed by atoms with E-state index in [2.05, 4.69) is 10.1 Å². The van der Waals surface area contributed by atoms with Crippen LogP contribution in [0, 0.1) is 5.92 Å². The minimum atomic E-state index is -0.250. The van der Waals surface area contributed by atoms with Gasteiger partial charge in [-0.2, -0.15) is 0 Å². The first kappa shape index (κ1) is 12.0. The molecular formula is C11H19NO3. The molecule has 1 N–H and O–H groups in total. The minimum absolute atomic E-state index is 0.0461. The summed E-state index contributed by atoms with van der Waals surface area (Å²) in [6.07, 6.45) is 6.83. The molecule has 1 aliphatic carbocycles. The molecule has 1 atom stereocenters. The Morgan fingerprint density at radius 1 is 1.47 bits per heavy atom. The first-order valence-corrected chi connectivity index (χ1v) is 5.54. The number of carbonyl (C=O) groups is 2. The second kappa shape index (κ2) is 6.43. The van der Waals surface area contributed by atoms with Gasteiger partial charge in [0, 0.05) is 6.04 Å². The molecule has 15 heavy (non-hydrogen) atoms. The Morgan fingerprint density at radius 3 is 2.67 bits per heavy atom. The van der Waals surface area contributed by atoms with Gasteiger partial charge in [-0.1, -0.05) is 19.3 Å². The highest BCUT2D eigenvalue weighted by molar-refractivity contribution is 5.70. The van der Waals surface area contributed by atoms with Crippen molar-refractivity contribution in [2.75, 3.05) is 7.11 Å². The van der Waals surface area contributed by atoms with Crippen molar-refractivity contribution in [3.8, 4) is 0 Å². The molecule has 1 unspecified atom stereocenters. The maximum atomic E-state index is 11.2. The van der Waals surface area contributed by atoms with E-state index in [1.165, 1.54) is 26.4 Å². The summed E-state index contributed by atoms with van der Waals surface area (Å²) < 4.78 is 4.62. The topological polar surface area (TPSA) is 55.4 Å². The van der Waals surface area contributed by atoms with Gasteiger partial charge >= 0.3 is 5.97 Å². The molecule has 0 radical (unpaired) electrons.